The van der Waals surface area contributed by atoms with E-state index in [1.54, 1.807) is 0 Å². The fourth-order valence-electron chi connectivity index (χ4n) is 2.38. The van der Waals surface area contributed by atoms with Crippen LogP contribution in [0, 0.1) is 5.41 Å². The molecule has 0 bridgehead atoms. The zero-order valence-corrected chi connectivity index (χ0v) is 11.6. The molecule has 102 valence electrons. The van der Waals surface area contributed by atoms with Crippen molar-refractivity contribution >= 4 is 6.01 Å². The van der Waals surface area contributed by atoms with Crippen LogP contribution in [-0.2, 0) is 6.54 Å². The van der Waals surface area contributed by atoms with E-state index in [9.17, 15) is 0 Å². The molecule has 5 heteroatoms. The molecule has 0 atom stereocenters. The summed E-state index contributed by atoms with van der Waals surface area (Å²) in [5.74, 6) is 0.641. The lowest BCUT2D eigenvalue weighted by molar-refractivity contribution is 0.356. The second-order valence-electron chi connectivity index (χ2n) is 5.91. The molecule has 5 nitrogen and oxygen atoms in total. The van der Waals surface area contributed by atoms with E-state index in [1.165, 1.54) is 25.7 Å². The molecule has 1 aliphatic rings. The van der Waals surface area contributed by atoms with E-state index in [1.807, 2.05) is 0 Å². The van der Waals surface area contributed by atoms with E-state index in [2.05, 4.69) is 41.6 Å². The average Bonchev–Trinajstić information content (AvgIpc) is 2.93. The summed E-state index contributed by atoms with van der Waals surface area (Å²) >= 11 is 0. The third-order valence-corrected chi connectivity index (χ3v) is 3.61. The van der Waals surface area contributed by atoms with Gasteiger partial charge in [0.25, 0.3) is 0 Å². The summed E-state index contributed by atoms with van der Waals surface area (Å²) in [6, 6.07) is 0.967. The van der Waals surface area contributed by atoms with E-state index in [0.717, 1.165) is 6.54 Å². The van der Waals surface area contributed by atoms with Crippen LogP contribution in [0.15, 0.2) is 4.42 Å². The fraction of sp³-hybridized carbons (Fsp3) is 0.846. The molecular weight excluding hydrogens is 228 g/mol. The molecule has 1 aromatic rings. The quantitative estimate of drug-likeness (QED) is 0.814. The zero-order valence-electron chi connectivity index (χ0n) is 11.6. The fourth-order valence-corrected chi connectivity index (χ4v) is 2.38. The highest BCUT2D eigenvalue weighted by molar-refractivity contribution is 5.18. The van der Waals surface area contributed by atoms with E-state index >= 15 is 0 Å². The number of hydrogen-bond acceptors (Lipinski definition) is 5. The number of hydrogen-bond donors (Lipinski definition) is 2. The van der Waals surface area contributed by atoms with Crippen molar-refractivity contribution in [3.8, 4) is 0 Å². The minimum Gasteiger partial charge on any atom is -0.407 e. The summed E-state index contributed by atoms with van der Waals surface area (Å²) in [6.45, 7) is 8.06. The minimum absolute atomic E-state index is 0.394. The Morgan fingerprint density at radius 2 is 2.00 bits per heavy atom. The molecule has 0 aromatic carbocycles. The SMILES string of the molecule is CC(C)NCc1nnc(NCC2(C)CCCC2)o1. The second-order valence-corrected chi connectivity index (χ2v) is 5.91. The third-order valence-electron chi connectivity index (χ3n) is 3.61. The molecule has 1 saturated carbocycles. The molecule has 18 heavy (non-hydrogen) atoms. The number of anilines is 1. The summed E-state index contributed by atoms with van der Waals surface area (Å²) in [7, 11) is 0. The van der Waals surface area contributed by atoms with Crippen LogP contribution < -0.4 is 10.6 Å². The Hall–Kier alpha value is -1.10. The van der Waals surface area contributed by atoms with Crippen LogP contribution in [0.25, 0.3) is 0 Å². The highest BCUT2D eigenvalue weighted by atomic mass is 16.4. The smallest absolute Gasteiger partial charge is 0.315 e. The van der Waals surface area contributed by atoms with Gasteiger partial charge in [-0.3, -0.25) is 0 Å². The van der Waals surface area contributed by atoms with Gasteiger partial charge in [-0.25, -0.2) is 0 Å². The maximum atomic E-state index is 5.54. The molecule has 0 radical (unpaired) electrons. The Labute approximate surface area is 109 Å². The first-order chi connectivity index (χ1) is 8.57. The monoisotopic (exact) mass is 252 g/mol. The maximum absolute atomic E-state index is 5.54. The van der Waals surface area contributed by atoms with Gasteiger partial charge >= 0.3 is 6.01 Å². The lowest BCUT2D eigenvalue weighted by Crippen LogP contribution is -2.23. The number of rotatable bonds is 6. The lowest BCUT2D eigenvalue weighted by atomic mass is 9.89. The van der Waals surface area contributed by atoms with Crippen LogP contribution in [0.2, 0.25) is 0 Å². The normalized spacial score (nSPS) is 18.4. The Morgan fingerprint density at radius 1 is 1.28 bits per heavy atom. The van der Waals surface area contributed by atoms with Crippen molar-refractivity contribution in [1.29, 1.82) is 0 Å². The zero-order chi connectivity index (χ0) is 13.0. The van der Waals surface area contributed by atoms with Gasteiger partial charge < -0.3 is 15.1 Å². The average molecular weight is 252 g/mol. The summed E-state index contributed by atoms with van der Waals surface area (Å²) < 4.78 is 5.54. The first-order valence-corrected chi connectivity index (χ1v) is 6.87. The van der Waals surface area contributed by atoms with Gasteiger partial charge in [0.15, 0.2) is 0 Å². The van der Waals surface area contributed by atoms with Crippen molar-refractivity contribution in [1.82, 2.24) is 15.5 Å². The van der Waals surface area contributed by atoms with Gasteiger partial charge in [-0.2, -0.15) is 0 Å². The molecule has 0 aliphatic heterocycles. The molecule has 0 amide bonds. The van der Waals surface area contributed by atoms with Gasteiger partial charge in [0.1, 0.15) is 0 Å². The maximum Gasteiger partial charge on any atom is 0.315 e. The highest BCUT2D eigenvalue weighted by Crippen LogP contribution is 2.37. The summed E-state index contributed by atoms with van der Waals surface area (Å²) in [4.78, 5) is 0. The summed E-state index contributed by atoms with van der Waals surface area (Å²) in [5.41, 5.74) is 0.394. The van der Waals surface area contributed by atoms with E-state index in [-0.39, 0.29) is 0 Å². The molecule has 0 unspecified atom stereocenters. The van der Waals surface area contributed by atoms with Gasteiger partial charge in [0.2, 0.25) is 5.89 Å². The predicted molar refractivity (Wildman–Crippen MR) is 71.3 cm³/mol. The highest BCUT2D eigenvalue weighted by Gasteiger charge is 2.28. The number of aromatic nitrogens is 2. The van der Waals surface area contributed by atoms with Crippen LogP contribution in [0.3, 0.4) is 0 Å². The molecule has 1 aliphatic carbocycles. The standard InChI is InChI=1S/C13H24N4O/c1-10(2)14-8-11-16-17-12(18-11)15-9-13(3)6-4-5-7-13/h10,14H,4-9H2,1-3H3,(H,15,17). The molecular formula is C13H24N4O. The number of nitrogens with one attached hydrogen (secondary N) is 2. The van der Waals surface area contributed by atoms with Crippen molar-refractivity contribution in [2.45, 2.75) is 59.0 Å². The topological polar surface area (TPSA) is 63.0 Å². The Balaban J connectivity index is 1.79. The Bertz CT molecular complexity index is 369. The van der Waals surface area contributed by atoms with Gasteiger partial charge in [0.05, 0.1) is 6.54 Å². The number of nitrogens with zero attached hydrogens (tertiary/aromatic N) is 2. The largest absolute Gasteiger partial charge is 0.407 e. The molecule has 0 spiro atoms. The summed E-state index contributed by atoms with van der Waals surface area (Å²) in [5, 5.41) is 14.6. The van der Waals surface area contributed by atoms with Crippen molar-refractivity contribution in [2.24, 2.45) is 5.41 Å². The van der Waals surface area contributed by atoms with Crippen LogP contribution in [0.4, 0.5) is 6.01 Å². The first kappa shape index (κ1) is 13.3. The van der Waals surface area contributed by atoms with E-state index in [4.69, 9.17) is 4.42 Å². The van der Waals surface area contributed by atoms with Gasteiger partial charge in [-0.15, -0.1) is 5.10 Å². The van der Waals surface area contributed by atoms with Crippen molar-refractivity contribution in [2.75, 3.05) is 11.9 Å². The van der Waals surface area contributed by atoms with Gasteiger partial charge in [-0.1, -0.05) is 38.7 Å². The van der Waals surface area contributed by atoms with Gasteiger partial charge in [0, 0.05) is 12.6 Å². The Kier molecular flexibility index (Phi) is 4.22. The predicted octanol–water partition coefficient (Wildman–Crippen LogP) is 2.56. The third kappa shape index (κ3) is 3.70. The molecule has 1 fully saturated rings. The lowest BCUT2D eigenvalue weighted by Gasteiger charge is -2.22. The van der Waals surface area contributed by atoms with E-state index in [0.29, 0.717) is 29.9 Å². The second kappa shape index (κ2) is 5.69. The van der Waals surface area contributed by atoms with Crippen LogP contribution >= 0.6 is 0 Å². The molecule has 0 saturated heterocycles. The molecule has 1 aromatic heterocycles. The van der Waals surface area contributed by atoms with Crippen molar-refractivity contribution < 1.29 is 4.42 Å². The van der Waals surface area contributed by atoms with Crippen molar-refractivity contribution in [3.63, 3.8) is 0 Å². The van der Waals surface area contributed by atoms with Crippen molar-refractivity contribution in [3.05, 3.63) is 5.89 Å². The Morgan fingerprint density at radius 3 is 2.67 bits per heavy atom. The van der Waals surface area contributed by atoms with Crippen LogP contribution in [-0.4, -0.2) is 22.8 Å². The molecule has 1 heterocycles. The summed E-state index contributed by atoms with van der Waals surface area (Å²) in [6.07, 6.45) is 5.25. The van der Waals surface area contributed by atoms with Crippen LogP contribution in [0.1, 0.15) is 52.3 Å². The van der Waals surface area contributed by atoms with Crippen LogP contribution in [0.5, 0.6) is 0 Å². The van der Waals surface area contributed by atoms with E-state index < -0.39 is 0 Å². The minimum atomic E-state index is 0.394. The molecule has 2 rings (SSSR count). The molecule has 2 N–H and O–H groups in total. The van der Waals surface area contributed by atoms with Gasteiger partial charge in [-0.05, 0) is 18.3 Å². The first-order valence-electron chi connectivity index (χ1n) is 6.87.